The van der Waals surface area contributed by atoms with Gasteiger partial charge in [-0.05, 0) is 19.0 Å². The molecule has 3 aliphatic heterocycles. The maximum absolute atomic E-state index is 13.8. The SMILES string of the molecule is CCN1CCC12CN(C(=O)OC1CCN(c3cc(C(F)(F)F)c4scc(C(=O)NC)c4n3)CC1)C2. The van der Waals surface area contributed by atoms with Crippen LogP contribution in [-0.2, 0) is 10.9 Å². The molecule has 3 aliphatic rings. The number of amides is 2. The third-order valence-corrected chi connectivity index (χ3v) is 8.45. The molecule has 0 radical (unpaired) electrons. The van der Waals surface area contributed by atoms with Gasteiger partial charge in [0.15, 0.2) is 0 Å². The lowest BCUT2D eigenvalue weighted by molar-refractivity contribution is -0.136. The number of piperidine rings is 1. The number of thiophene rings is 1. The standard InChI is InChI=1S/C23H28F3N5O3S/c1-3-31-9-6-22(31)12-30(13-22)21(33)34-14-4-7-29(8-5-14)17-10-16(23(24,25)26)19-18(28-17)15(11-35-19)20(32)27-2/h10-11,14H,3-9,12-13H2,1-2H3,(H,27,32). The highest BCUT2D eigenvalue weighted by Crippen LogP contribution is 2.41. The first-order valence-corrected chi connectivity index (χ1v) is 12.7. The lowest BCUT2D eigenvalue weighted by Gasteiger charge is -2.62. The monoisotopic (exact) mass is 511 g/mol. The molecule has 0 aliphatic carbocycles. The summed E-state index contributed by atoms with van der Waals surface area (Å²) in [5.74, 6) is -0.302. The normalized spacial score (nSPS) is 20.6. The average Bonchev–Trinajstić information content (AvgIpc) is 3.20. The van der Waals surface area contributed by atoms with Crippen LogP contribution in [0.15, 0.2) is 11.4 Å². The van der Waals surface area contributed by atoms with Crippen LogP contribution in [0.4, 0.5) is 23.8 Å². The Balaban J connectivity index is 1.25. The Morgan fingerprint density at radius 3 is 2.54 bits per heavy atom. The number of carbonyl (C=O) groups is 2. The van der Waals surface area contributed by atoms with Crippen LogP contribution in [0.5, 0.6) is 0 Å². The predicted molar refractivity (Wildman–Crippen MR) is 126 cm³/mol. The van der Waals surface area contributed by atoms with E-state index in [-0.39, 0.29) is 39.3 Å². The van der Waals surface area contributed by atoms with E-state index < -0.39 is 17.6 Å². The van der Waals surface area contributed by atoms with Crippen molar-refractivity contribution in [2.75, 3.05) is 51.2 Å². The number of likely N-dealkylation sites (tertiary alicyclic amines) is 2. The molecule has 3 saturated heterocycles. The van der Waals surface area contributed by atoms with E-state index in [4.69, 9.17) is 4.74 Å². The molecule has 2 amide bonds. The van der Waals surface area contributed by atoms with Gasteiger partial charge in [0.25, 0.3) is 5.91 Å². The van der Waals surface area contributed by atoms with E-state index in [2.05, 4.69) is 22.1 Å². The number of halogens is 3. The number of ether oxygens (including phenoxy) is 1. The van der Waals surface area contributed by atoms with Gasteiger partial charge >= 0.3 is 12.3 Å². The molecule has 0 aromatic carbocycles. The minimum absolute atomic E-state index is 0.0518. The molecule has 0 bridgehead atoms. The van der Waals surface area contributed by atoms with Gasteiger partial charge in [0.1, 0.15) is 11.9 Å². The van der Waals surface area contributed by atoms with Gasteiger partial charge in [0.2, 0.25) is 0 Å². The molecule has 0 atom stereocenters. The van der Waals surface area contributed by atoms with Crippen LogP contribution in [0.2, 0.25) is 0 Å². The van der Waals surface area contributed by atoms with Gasteiger partial charge in [0, 0.05) is 58.0 Å². The average molecular weight is 512 g/mol. The maximum atomic E-state index is 13.8. The van der Waals surface area contributed by atoms with Crippen molar-refractivity contribution >= 4 is 39.4 Å². The number of aromatic nitrogens is 1. The van der Waals surface area contributed by atoms with Crippen molar-refractivity contribution in [1.29, 1.82) is 0 Å². The molecule has 2 aromatic heterocycles. The zero-order valence-corrected chi connectivity index (χ0v) is 20.5. The molecule has 5 heterocycles. The summed E-state index contributed by atoms with van der Waals surface area (Å²) < 4.78 is 47.1. The van der Waals surface area contributed by atoms with Crippen LogP contribution in [-0.4, -0.2) is 84.7 Å². The molecule has 0 unspecified atom stereocenters. The second-order valence-corrected chi connectivity index (χ2v) is 10.3. The van der Waals surface area contributed by atoms with Crippen molar-refractivity contribution in [2.45, 2.75) is 44.0 Å². The molecule has 190 valence electrons. The summed E-state index contributed by atoms with van der Waals surface area (Å²) in [5.41, 5.74) is -0.483. The summed E-state index contributed by atoms with van der Waals surface area (Å²) in [6.45, 7) is 6.37. The fourth-order valence-corrected chi connectivity index (χ4v) is 6.34. The lowest BCUT2D eigenvalue weighted by atomic mass is 9.78. The molecule has 1 spiro atoms. The van der Waals surface area contributed by atoms with Crippen LogP contribution in [0.3, 0.4) is 0 Å². The minimum Gasteiger partial charge on any atom is -0.446 e. The Morgan fingerprint density at radius 1 is 1.26 bits per heavy atom. The number of alkyl halides is 3. The van der Waals surface area contributed by atoms with E-state index in [1.165, 1.54) is 12.4 Å². The number of anilines is 1. The third kappa shape index (κ3) is 4.20. The second kappa shape index (κ2) is 8.81. The Labute approximate surface area is 205 Å². The van der Waals surface area contributed by atoms with E-state index in [1.807, 2.05) is 0 Å². The quantitative estimate of drug-likeness (QED) is 0.677. The number of hydrogen-bond donors (Lipinski definition) is 1. The van der Waals surface area contributed by atoms with E-state index in [0.29, 0.717) is 39.0 Å². The summed E-state index contributed by atoms with van der Waals surface area (Å²) >= 11 is 0.864. The topological polar surface area (TPSA) is 78.0 Å². The number of pyridine rings is 1. The first-order valence-electron chi connectivity index (χ1n) is 11.8. The van der Waals surface area contributed by atoms with Gasteiger partial charge in [-0.1, -0.05) is 6.92 Å². The molecule has 5 rings (SSSR count). The zero-order valence-electron chi connectivity index (χ0n) is 19.7. The highest BCUT2D eigenvalue weighted by molar-refractivity contribution is 7.17. The van der Waals surface area contributed by atoms with E-state index >= 15 is 0 Å². The van der Waals surface area contributed by atoms with Crippen LogP contribution in [0.1, 0.15) is 42.1 Å². The summed E-state index contributed by atoms with van der Waals surface area (Å²) in [6, 6.07) is 1.05. The highest BCUT2D eigenvalue weighted by Gasteiger charge is 2.54. The molecule has 0 saturated carbocycles. The maximum Gasteiger partial charge on any atom is 0.417 e. The smallest absolute Gasteiger partial charge is 0.417 e. The van der Waals surface area contributed by atoms with E-state index in [0.717, 1.165) is 36.9 Å². The van der Waals surface area contributed by atoms with Crippen LogP contribution in [0, 0.1) is 0 Å². The lowest BCUT2D eigenvalue weighted by Crippen LogP contribution is -2.77. The largest absolute Gasteiger partial charge is 0.446 e. The van der Waals surface area contributed by atoms with Crippen LogP contribution >= 0.6 is 11.3 Å². The zero-order chi connectivity index (χ0) is 25.0. The fourth-order valence-electron chi connectivity index (χ4n) is 5.31. The molecule has 2 aromatic rings. The number of hydrogen-bond acceptors (Lipinski definition) is 7. The predicted octanol–water partition coefficient (Wildman–Crippen LogP) is 3.56. The summed E-state index contributed by atoms with van der Waals surface area (Å²) in [7, 11) is 1.43. The van der Waals surface area contributed by atoms with Gasteiger partial charge in [-0.15, -0.1) is 11.3 Å². The van der Waals surface area contributed by atoms with Gasteiger partial charge < -0.3 is 19.9 Å². The number of nitrogens with zero attached hydrogens (tertiary/aromatic N) is 4. The van der Waals surface area contributed by atoms with Crippen LogP contribution in [0.25, 0.3) is 10.2 Å². The summed E-state index contributed by atoms with van der Waals surface area (Å²) in [5, 5.41) is 3.86. The molecule has 12 heteroatoms. The Kier molecular flexibility index (Phi) is 6.07. The van der Waals surface area contributed by atoms with E-state index in [9.17, 15) is 22.8 Å². The van der Waals surface area contributed by atoms with Crippen molar-refractivity contribution in [3.63, 3.8) is 0 Å². The fraction of sp³-hybridized carbons (Fsp3) is 0.609. The first-order chi connectivity index (χ1) is 16.6. The molecule has 3 fully saturated rings. The van der Waals surface area contributed by atoms with Crippen molar-refractivity contribution in [1.82, 2.24) is 20.1 Å². The number of likely N-dealkylation sites (N-methyl/N-ethyl adjacent to an activating group) is 1. The third-order valence-electron chi connectivity index (χ3n) is 7.45. The van der Waals surface area contributed by atoms with Gasteiger partial charge in [-0.2, -0.15) is 13.2 Å². The van der Waals surface area contributed by atoms with Crippen molar-refractivity contribution in [3.8, 4) is 0 Å². The van der Waals surface area contributed by atoms with Gasteiger partial charge in [0.05, 0.1) is 26.9 Å². The molecular weight excluding hydrogens is 483 g/mol. The molecule has 35 heavy (non-hydrogen) atoms. The van der Waals surface area contributed by atoms with Crippen molar-refractivity contribution < 1.29 is 27.5 Å². The Bertz CT molecular complexity index is 1140. The number of fused-ring (bicyclic) bond motifs is 1. The molecular formula is C23H28F3N5O3S. The van der Waals surface area contributed by atoms with Crippen molar-refractivity contribution in [2.24, 2.45) is 0 Å². The summed E-state index contributed by atoms with van der Waals surface area (Å²) in [4.78, 5) is 35.1. The van der Waals surface area contributed by atoms with Gasteiger partial charge in [-0.25, -0.2) is 9.78 Å². The van der Waals surface area contributed by atoms with Gasteiger partial charge in [-0.3, -0.25) is 9.69 Å². The van der Waals surface area contributed by atoms with E-state index in [1.54, 1.807) is 9.80 Å². The Morgan fingerprint density at radius 2 is 1.97 bits per heavy atom. The minimum atomic E-state index is -4.57. The molecule has 1 N–H and O–H groups in total. The number of nitrogens with one attached hydrogen (secondary N) is 1. The van der Waals surface area contributed by atoms with Crippen LogP contribution < -0.4 is 10.2 Å². The Hall–Kier alpha value is -2.60. The van der Waals surface area contributed by atoms with Crippen molar-refractivity contribution in [3.05, 3.63) is 22.6 Å². The first kappa shape index (κ1) is 24.1. The number of rotatable bonds is 4. The second-order valence-electron chi connectivity index (χ2n) is 9.41. The summed E-state index contributed by atoms with van der Waals surface area (Å²) in [6.07, 6.45) is -3.07. The molecule has 8 nitrogen and oxygen atoms in total. The number of carbonyl (C=O) groups excluding carboxylic acids is 2. The highest BCUT2D eigenvalue weighted by atomic mass is 32.1.